The Morgan fingerprint density at radius 3 is 2.25 bits per heavy atom. The predicted molar refractivity (Wildman–Crippen MR) is 63.2 cm³/mol. The van der Waals surface area contributed by atoms with Gasteiger partial charge in [-0.25, -0.2) is 0 Å². The van der Waals surface area contributed by atoms with Gasteiger partial charge in [0.25, 0.3) is 10.2 Å². The third kappa shape index (κ3) is 2.94. The van der Waals surface area contributed by atoms with Crippen LogP contribution in [0.3, 0.4) is 0 Å². The largest absolute Gasteiger partial charge is 0.396 e. The van der Waals surface area contributed by atoms with E-state index in [1.807, 2.05) is 0 Å². The fourth-order valence-corrected chi connectivity index (χ4v) is 3.47. The maximum absolute atomic E-state index is 12.1. The summed E-state index contributed by atoms with van der Waals surface area (Å²) < 4.78 is 27.1. The summed E-state index contributed by atoms with van der Waals surface area (Å²) in [5.74, 6) is 0.835. The van der Waals surface area contributed by atoms with Gasteiger partial charge < -0.3 is 5.11 Å². The van der Waals surface area contributed by atoms with Gasteiger partial charge in [-0.15, -0.1) is 0 Å². The zero-order chi connectivity index (χ0) is 12.3. The number of rotatable bonds is 5. The van der Waals surface area contributed by atoms with E-state index in [9.17, 15) is 8.42 Å². The van der Waals surface area contributed by atoms with E-state index in [1.165, 1.54) is 4.31 Å². The highest BCUT2D eigenvalue weighted by molar-refractivity contribution is 7.86. The van der Waals surface area contributed by atoms with Gasteiger partial charge in [-0.05, 0) is 18.3 Å². The molecule has 1 N–H and O–H groups in total. The van der Waals surface area contributed by atoms with E-state index in [-0.39, 0.29) is 6.61 Å². The molecule has 16 heavy (non-hydrogen) atoms. The fourth-order valence-electron chi connectivity index (χ4n) is 1.87. The molecule has 2 unspecified atom stereocenters. The van der Waals surface area contributed by atoms with Gasteiger partial charge in [0.15, 0.2) is 0 Å². The number of hydrogen-bond acceptors (Lipinski definition) is 3. The molecule has 96 valence electrons. The molecule has 1 saturated heterocycles. The van der Waals surface area contributed by atoms with Gasteiger partial charge in [0, 0.05) is 33.3 Å². The molecule has 0 aliphatic carbocycles. The fraction of sp³-hybridized carbons (Fsp3) is 1.00. The van der Waals surface area contributed by atoms with E-state index in [0.29, 0.717) is 37.9 Å². The Labute approximate surface area is 98.2 Å². The third-order valence-corrected chi connectivity index (χ3v) is 5.23. The van der Waals surface area contributed by atoms with Crippen LogP contribution in [-0.2, 0) is 10.2 Å². The van der Waals surface area contributed by atoms with Gasteiger partial charge in [0.1, 0.15) is 0 Å². The van der Waals surface area contributed by atoms with Crippen LogP contribution >= 0.6 is 0 Å². The minimum Gasteiger partial charge on any atom is -0.396 e. The maximum Gasteiger partial charge on any atom is 0.281 e. The van der Waals surface area contributed by atoms with Gasteiger partial charge >= 0.3 is 0 Å². The van der Waals surface area contributed by atoms with Crippen molar-refractivity contribution in [2.45, 2.75) is 20.3 Å². The van der Waals surface area contributed by atoms with Crippen LogP contribution < -0.4 is 0 Å². The summed E-state index contributed by atoms with van der Waals surface area (Å²) in [5, 5.41) is 8.70. The molecule has 0 bridgehead atoms. The molecule has 0 spiro atoms. The first-order valence-electron chi connectivity index (χ1n) is 5.72. The Balaban J connectivity index is 2.64. The van der Waals surface area contributed by atoms with Gasteiger partial charge in [-0.3, -0.25) is 0 Å². The van der Waals surface area contributed by atoms with Crippen LogP contribution in [0.5, 0.6) is 0 Å². The second kappa shape index (κ2) is 5.44. The van der Waals surface area contributed by atoms with Crippen LogP contribution in [-0.4, -0.2) is 55.4 Å². The van der Waals surface area contributed by atoms with Crippen LogP contribution in [0.25, 0.3) is 0 Å². The van der Waals surface area contributed by atoms with Crippen LogP contribution in [0.4, 0.5) is 0 Å². The quantitative estimate of drug-likeness (QED) is 0.754. The lowest BCUT2D eigenvalue weighted by Crippen LogP contribution is -2.41. The van der Waals surface area contributed by atoms with Crippen molar-refractivity contribution < 1.29 is 13.5 Å². The van der Waals surface area contributed by atoms with E-state index < -0.39 is 10.2 Å². The number of aliphatic hydroxyl groups is 1. The molecule has 0 aromatic heterocycles. The zero-order valence-corrected chi connectivity index (χ0v) is 11.1. The Kier molecular flexibility index (Phi) is 4.73. The highest BCUT2D eigenvalue weighted by Gasteiger charge is 2.35. The molecular weight excluding hydrogens is 228 g/mol. The van der Waals surface area contributed by atoms with Crippen molar-refractivity contribution in [3.05, 3.63) is 0 Å². The first-order valence-corrected chi connectivity index (χ1v) is 7.11. The minimum absolute atomic E-state index is 0.0205. The lowest BCUT2D eigenvalue weighted by molar-refractivity contribution is 0.272. The average molecular weight is 250 g/mol. The molecule has 1 aliphatic heterocycles. The van der Waals surface area contributed by atoms with Crippen molar-refractivity contribution in [1.29, 1.82) is 0 Å². The summed E-state index contributed by atoms with van der Waals surface area (Å²) in [6.07, 6.45) is 0.481. The molecular formula is C10H22N2O3S. The van der Waals surface area contributed by atoms with E-state index in [1.54, 1.807) is 11.4 Å². The summed E-state index contributed by atoms with van der Waals surface area (Å²) in [6.45, 7) is 5.76. The lowest BCUT2D eigenvalue weighted by Gasteiger charge is -2.23. The number of hydrogen-bond donors (Lipinski definition) is 1. The maximum atomic E-state index is 12.1. The molecule has 5 nitrogen and oxygen atoms in total. The minimum atomic E-state index is -3.32. The van der Waals surface area contributed by atoms with Crippen LogP contribution in [0.15, 0.2) is 0 Å². The summed E-state index contributed by atoms with van der Waals surface area (Å²) in [5.41, 5.74) is 0. The van der Waals surface area contributed by atoms with Gasteiger partial charge in [0.05, 0.1) is 0 Å². The first kappa shape index (κ1) is 13.9. The standard InChI is InChI=1S/C10H22N2O3S/c1-9-7-12(8-10(9)2)16(14,15)11(3)5-4-6-13/h9-10,13H,4-8H2,1-3H3. The van der Waals surface area contributed by atoms with E-state index in [4.69, 9.17) is 5.11 Å². The summed E-state index contributed by atoms with van der Waals surface area (Å²) in [4.78, 5) is 0. The molecule has 2 atom stereocenters. The predicted octanol–water partition coefficient (Wildman–Crippen LogP) is 0.133. The molecule has 1 aliphatic rings. The van der Waals surface area contributed by atoms with Crippen LogP contribution in [0.1, 0.15) is 20.3 Å². The second-order valence-electron chi connectivity index (χ2n) is 4.68. The Bertz CT molecular complexity index is 308. The molecule has 1 rings (SSSR count). The molecule has 6 heteroatoms. The summed E-state index contributed by atoms with van der Waals surface area (Å²) in [6, 6.07) is 0. The van der Waals surface area contributed by atoms with E-state index in [0.717, 1.165) is 0 Å². The molecule has 0 radical (unpaired) electrons. The smallest absolute Gasteiger partial charge is 0.281 e. The molecule has 1 fully saturated rings. The van der Waals surface area contributed by atoms with Gasteiger partial charge in [-0.1, -0.05) is 13.8 Å². The zero-order valence-electron chi connectivity index (χ0n) is 10.3. The van der Waals surface area contributed by atoms with E-state index >= 15 is 0 Å². The van der Waals surface area contributed by atoms with Crippen molar-refractivity contribution in [3.63, 3.8) is 0 Å². The second-order valence-corrected chi connectivity index (χ2v) is 6.71. The van der Waals surface area contributed by atoms with E-state index in [2.05, 4.69) is 13.8 Å². The highest BCUT2D eigenvalue weighted by atomic mass is 32.2. The number of nitrogens with zero attached hydrogens (tertiary/aromatic N) is 2. The molecule has 0 aromatic rings. The molecule has 1 heterocycles. The normalized spacial score (nSPS) is 27.8. The van der Waals surface area contributed by atoms with Crippen molar-refractivity contribution >= 4 is 10.2 Å². The van der Waals surface area contributed by atoms with Crippen molar-refractivity contribution in [3.8, 4) is 0 Å². The summed E-state index contributed by atoms with van der Waals surface area (Å²) in [7, 11) is -1.75. The molecule has 0 amide bonds. The SMILES string of the molecule is CC1CN(S(=O)(=O)N(C)CCCO)CC1C. The summed E-state index contributed by atoms with van der Waals surface area (Å²) >= 11 is 0. The van der Waals surface area contributed by atoms with Gasteiger partial charge in [0.2, 0.25) is 0 Å². The lowest BCUT2D eigenvalue weighted by atomic mass is 10.0. The first-order chi connectivity index (χ1) is 7.39. The van der Waals surface area contributed by atoms with Gasteiger partial charge in [-0.2, -0.15) is 17.0 Å². The monoisotopic (exact) mass is 250 g/mol. The Morgan fingerprint density at radius 1 is 1.31 bits per heavy atom. The molecule has 0 saturated carbocycles. The Morgan fingerprint density at radius 2 is 1.81 bits per heavy atom. The van der Waals surface area contributed by atoms with Crippen LogP contribution in [0.2, 0.25) is 0 Å². The van der Waals surface area contributed by atoms with Crippen molar-refractivity contribution in [2.75, 3.05) is 33.3 Å². The Hall–Kier alpha value is -0.170. The third-order valence-electron chi connectivity index (χ3n) is 3.31. The van der Waals surface area contributed by atoms with Crippen molar-refractivity contribution in [1.82, 2.24) is 8.61 Å². The topological polar surface area (TPSA) is 60.9 Å². The van der Waals surface area contributed by atoms with Crippen molar-refractivity contribution in [2.24, 2.45) is 11.8 Å². The highest BCUT2D eigenvalue weighted by Crippen LogP contribution is 2.25. The number of aliphatic hydroxyl groups excluding tert-OH is 1. The molecule has 0 aromatic carbocycles. The average Bonchev–Trinajstić information content (AvgIpc) is 2.56. The van der Waals surface area contributed by atoms with Crippen LogP contribution in [0, 0.1) is 11.8 Å².